The summed E-state index contributed by atoms with van der Waals surface area (Å²) in [4.78, 5) is 30.5. The van der Waals surface area contributed by atoms with E-state index in [0.717, 1.165) is 0 Å². The van der Waals surface area contributed by atoms with Crippen LogP contribution in [0.25, 0.3) is 0 Å². The Hall–Kier alpha value is -1.67. The van der Waals surface area contributed by atoms with E-state index in [2.05, 4.69) is 5.32 Å². The van der Waals surface area contributed by atoms with Gasteiger partial charge in [0.15, 0.2) is 5.60 Å². The third kappa shape index (κ3) is 7.71. The molecule has 0 aliphatic rings. The monoisotopic (exact) mass is 237 g/mol. The number of rotatable bonds is 5. The van der Waals surface area contributed by atoms with E-state index in [4.69, 9.17) is 20.4 Å². The number of carbonyl (C=O) groups is 3. The molecule has 0 aromatic heterocycles. The highest BCUT2D eigenvalue weighted by Gasteiger charge is 2.40. The predicted octanol–water partition coefficient (Wildman–Crippen LogP) is -1.41. The standard InChI is InChI=1S/C6H8O7.C2H7N/c7-3(8)1-6(13,5(11)12)2-4(9)10;1-3-2/h13H,1-2H2,(H,7,8)(H,9,10)(H,11,12);3H,1-2H3. The molecule has 0 bridgehead atoms. The summed E-state index contributed by atoms with van der Waals surface area (Å²) in [6, 6.07) is 0. The van der Waals surface area contributed by atoms with Crippen molar-refractivity contribution in [3.05, 3.63) is 0 Å². The molecule has 0 unspecified atom stereocenters. The minimum absolute atomic E-state index is 1.14. The molecule has 0 aliphatic carbocycles. The number of aliphatic hydroxyl groups is 1. The van der Waals surface area contributed by atoms with Crippen LogP contribution in [0.4, 0.5) is 0 Å². The second-order valence-electron chi connectivity index (χ2n) is 2.98. The van der Waals surface area contributed by atoms with E-state index in [1.807, 2.05) is 14.1 Å². The number of aliphatic carboxylic acids is 3. The zero-order chi connectivity index (χ0) is 13.4. The molecule has 16 heavy (non-hydrogen) atoms. The zero-order valence-electron chi connectivity index (χ0n) is 8.93. The van der Waals surface area contributed by atoms with Crippen LogP contribution in [0.2, 0.25) is 0 Å². The SMILES string of the molecule is CNC.O=C(O)CC(O)(CC(=O)O)C(=O)O. The Morgan fingerprint density at radius 3 is 1.38 bits per heavy atom. The summed E-state index contributed by atoms with van der Waals surface area (Å²) in [6.07, 6.45) is -2.29. The summed E-state index contributed by atoms with van der Waals surface area (Å²) >= 11 is 0. The second kappa shape index (κ2) is 7.60. The van der Waals surface area contributed by atoms with Gasteiger partial charge in [0.1, 0.15) is 0 Å². The van der Waals surface area contributed by atoms with Gasteiger partial charge < -0.3 is 25.7 Å². The number of hydrogen-bond acceptors (Lipinski definition) is 5. The first-order chi connectivity index (χ1) is 7.19. The highest BCUT2D eigenvalue weighted by molar-refractivity contribution is 5.88. The number of nitrogens with one attached hydrogen (secondary N) is 1. The van der Waals surface area contributed by atoms with Crippen molar-refractivity contribution in [1.82, 2.24) is 5.32 Å². The Balaban J connectivity index is 0. The molecule has 0 saturated carbocycles. The van der Waals surface area contributed by atoms with Gasteiger partial charge in [0, 0.05) is 0 Å². The third-order valence-corrected chi connectivity index (χ3v) is 1.29. The Kier molecular flexibility index (Phi) is 7.96. The van der Waals surface area contributed by atoms with Crippen molar-refractivity contribution in [1.29, 1.82) is 0 Å². The number of carboxylic acids is 3. The molecule has 0 rings (SSSR count). The van der Waals surface area contributed by atoms with Gasteiger partial charge in [-0.2, -0.15) is 0 Å². The van der Waals surface area contributed by atoms with Crippen LogP contribution in [-0.2, 0) is 14.4 Å². The lowest BCUT2D eigenvalue weighted by molar-refractivity contribution is -0.170. The van der Waals surface area contributed by atoms with Gasteiger partial charge in [0.05, 0.1) is 12.8 Å². The second-order valence-corrected chi connectivity index (χ2v) is 2.98. The minimum atomic E-state index is -2.74. The summed E-state index contributed by atoms with van der Waals surface area (Å²) in [5.74, 6) is -5.02. The van der Waals surface area contributed by atoms with E-state index in [0.29, 0.717) is 0 Å². The van der Waals surface area contributed by atoms with Crippen LogP contribution < -0.4 is 5.32 Å². The Labute approximate surface area is 91.5 Å². The molecule has 0 atom stereocenters. The molecule has 0 saturated heterocycles. The van der Waals surface area contributed by atoms with Crippen molar-refractivity contribution in [3.8, 4) is 0 Å². The summed E-state index contributed by atoms with van der Waals surface area (Å²) in [5, 5.41) is 36.6. The molecule has 0 radical (unpaired) electrons. The van der Waals surface area contributed by atoms with E-state index >= 15 is 0 Å². The van der Waals surface area contributed by atoms with Crippen LogP contribution >= 0.6 is 0 Å². The molecule has 8 nitrogen and oxygen atoms in total. The summed E-state index contributed by atoms with van der Waals surface area (Å²) in [5.41, 5.74) is -2.74. The molecule has 8 heteroatoms. The molecule has 0 fully saturated rings. The highest BCUT2D eigenvalue weighted by atomic mass is 16.4. The van der Waals surface area contributed by atoms with Crippen molar-refractivity contribution >= 4 is 17.9 Å². The van der Waals surface area contributed by atoms with E-state index in [-0.39, 0.29) is 0 Å². The summed E-state index contributed by atoms with van der Waals surface area (Å²) in [7, 11) is 3.75. The maximum absolute atomic E-state index is 10.3. The van der Waals surface area contributed by atoms with Crippen LogP contribution in [-0.4, -0.2) is 58.0 Å². The fourth-order valence-corrected chi connectivity index (χ4v) is 0.714. The maximum Gasteiger partial charge on any atom is 0.336 e. The topological polar surface area (TPSA) is 144 Å². The van der Waals surface area contributed by atoms with Crippen molar-refractivity contribution < 1.29 is 34.8 Å². The first-order valence-electron chi connectivity index (χ1n) is 4.17. The summed E-state index contributed by atoms with van der Waals surface area (Å²) < 4.78 is 0. The van der Waals surface area contributed by atoms with Gasteiger partial charge >= 0.3 is 17.9 Å². The molecule has 0 aromatic rings. The van der Waals surface area contributed by atoms with Crippen LogP contribution in [0.5, 0.6) is 0 Å². The average Bonchev–Trinajstić information content (AvgIpc) is 2.01. The Bertz CT molecular complexity index is 247. The lowest BCUT2D eigenvalue weighted by Crippen LogP contribution is -2.42. The molecule has 0 spiro atoms. The lowest BCUT2D eigenvalue weighted by Gasteiger charge is -2.18. The molecular weight excluding hydrogens is 222 g/mol. The van der Waals surface area contributed by atoms with Crippen LogP contribution in [0, 0.1) is 0 Å². The van der Waals surface area contributed by atoms with E-state index in [1.165, 1.54) is 0 Å². The van der Waals surface area contributed by atoms with Gasteiger partial charge in [-0.25, -0.2) is 4.79 Å². The van der Waals surface area contributed by atoms with E-state index in [9.17, 15) is 14.4 Å². The third-order valence-electron chi connectivity index (χ3n) is 1.29. The smallest absolute Gasteiger partial charge is 0.336 e. The average molecular weight is 237 g/mol. The van der Waals surface area contributed by atoms with Gasteiger partial charge in [-0.3, -0.25) is 9.59 Å². The summed E-state index contributed by atoms with van der Waals surface area (Å²) in [6.45, 7) is 0. The largest absolute Gasteiger partial charge is 0.481 e. The number of carboxylic acid groups (broad SMARTS) is 3. The van der Waals surface area contributed by atoms with E-state index in [1.54, 1.807) is 0 Å². The molecule has 0 heterocycles. The quantitative estimate of drug-likeness (QED) is 0.392. The van der Waals surface area contributed by atoms with Crippen molar-refractivity contribution in [2.45, 2.75) is 18.4 Å². The predicted molar refractivity (Wildman–Crippen MR) is 52.1 cm³/mol. The van der Waals surface area contributed by atoms with Gasteiger partial charge in [0.2, 0.25) is 0 Å². The highest BCUT2D eigenvalue weighted by Crippen LogP contribution is 2.15. The normalized spacial score (nSPS) is 9.94. The maximum atomic E-state index is 10.3. The lowest BCUT2D eigenvalue weighted by atomic mass is 9.96. The van der Waals surface area contributed by atoms with Gasteiger partial charge in [-0.15, -0.1) is 0 Å². The van der Waals surface area contributed by atoms with Crippen LogP contribution in [0.1, 0.15) is 12.8 Å². The fraction of sp³-hybridized carbons (Fsp3) is 0.625. The molecule has 0 aromatic carbocycles. The minimum Gasteiger partial charge on any atom is -0.481 e. The molecule has 0 amide bonds. The van der Waals surface area contributed by atoms with Crippen LogP contribution in [0.3, 0.4) is 0 Å². The Morgan fingerprint density at radius 1 is 1.00 bits per heavy atom. The van der Waals surface area contributed by atoms with Crippen molar-refractivity contribution in [2.24, 2.45) is 0 Å². The molecule has 5 N–H and O–H groups in total. The number of hydrogen-bond donors (Lipinski definition) is 5. The first kappa shape index (κ1) is 16.7. The molecule has 94 valence electrons. The van der Waals surface area contributed by atoms with Crippen molar-refractivity contribution in [2.75, 3.05) is 14.1 Å². The molecular formula is C8H15NO7. The van der Waals surface area contributed by atoms with E-state index < -0.39 is 36.4 Å². The molecule has 0 aliphatic heterocycles. The van der Waals surface area contributed by atoms with Gasteiger partial charge in [-0.05, 0) is 14.1 Å². The Morgan fingerprint density at radius 2 is 1.25 bits per heavy atom. The van der Waals surface area contributed by atoms with Crippen LogP contribution in [0.15, 0.2) is 0 Å². The van der Waals surface area contributed by atoms with Crippen molar-refractivity contribution in [3.63, 3.8) is 0 Å². The van der Waals surface area contributed by atoms with Gasteiger partial charge in [-0.1, -0.05) is 0 Å². The fourth-order valence-electron chi connectivity index (χ4n) is 0.714. The van der Waals surface area contributed by atoms with Gasteiger partial charge in [0.25, 0.3) is 0 Å². The zero-order valence-corrected chi connectivity index (χ0v) is 8.93. The first-order valence-corrected chi connectivity index (χ1v) is 4.17.